The third-order valence-corrected chi connectivity index (χ3v) is 3.94. The molecule has 0 radical (unpaired) electrons. The van der Waals surface area contributed by atoms with Gasteiger partial charge in [0, 0.05) is 5.56 Å². The normalized spacial score (nSPS) is 12.3. The van der Waals surface area contributed by atoms with Crippen molar-refractivity contribution < 1.29 is 14.6 Å². The number of imidazole rings is 1. The summed E-state index contributed by atoms with van der Waals surface area (Å²) in [7, 11) is 0. The third-order valence-electron chi connectivity index (χ3n) is 3.94. The first-order valence-electron chi connectivity index (χ1n) is 7.88. The number of aromatic nitrogens is 2. The van der Waals surface area contributed by atoms with Gasteiger partial charge in [0.05, 0.1) is 17.6 Å². The maximum Gasteiger partial charge on any atom is 0.159 e. The van der Waals surface area contributed by atoms with E-state index in [0.717, 1.165) is 16.9 Å². The van der Waals surface area contributed by atoms with Crippen LogP contribution in [0.25, 0.3) is 11.0 Å². The van der Waals surface area contributed by atoms with Gasteiger partial charge in [-0.1, -0.05) is 12.1 Å². The molecule has 0 aliphatic heterocycles. The number of hydrogen-bond donors (Lipinski definition) is 1. The van der Waals surface area contributed by atoms with Crippen LogP contribution in [0.2, 0.25) is 0 Å². The van der Waals surface area contributed by atoms with Crippen LogP contribution in [-0.2, 0) is 6.54 Å². The number of hydrogen-bond acceptors (Lipinski definition) is 4. The average Bonchev–Trinajstić information content (AvgIpc) is 2.89. The fourth-order valence-corrected chi connectivity index (χ4v) is 2.67. The number of carbonyl (C=O) groups excluding carboxylic acids is 1. The van der Waals surface area contributed by atoms with Gasteiger partial charge in [0.2, 0.25) is 0 Å². The van der Waals surface area contributed by atoms with Crippen molar-refractivity contribution in [2.24, 2.45) is 0 Å². The van der Waals surface area contributed by atoms with Crippen molar-refractivity contribution in [1.29, 1.82) is 0 Å². The largest absolute Gasteiger partial charge is 0.491 e. The summed E-state index contributed by atoms with van der Waals surface area (Å²) < 4.78 is 7.60. The number of fused-ring (bicyclic) bond motifs is 1. The first-order valence-corrected chi connectivity index (χ1v) is 7.88. The zero-order chi connectivity index (χ0) is 17.1. The van der Waals surface area contributed by atoms with E-state index in [1.54, 1.807) is 24.3 Å². The Morgan fingerprint density at radius 1 is 1.21 bits per heavy atom. The van der Waals surface area contributed by atoms with Gasteiger partial charge in [0.25, 0.3) is 0 Å². The Kier molecular flexibility index (Phi) is 4.62. The molecule has 3 aromatic rings. The fourth-order valence-electron chi connectivity index (χ4n) is 2.67. The number of para-hydroxylation sites is 2. The van der Waals surface area contributed by atoms with Gasteiger partial charge >= 0.3 is 0 Å². The summed E-state index contributed by atoms with van der Waals surface area (Å²) in [4.78, 5) is 15.7. The van der Waals surface area contributed by atoms with E-state index in [1.165, 1.54) is 6.92 Å². The lowest BCUT2D eigenvalue weighted by Crippen LogP contribution is -2.24. The molecule has 0 spiro atoms. The molecule has 0 aliphatic rings. The summed E-state index contributed by atoms with van der Waals surface area (Å²) >= 11 is 0. The number of Topliss-reactive ketones (excluding diaryl/α,β-unsaturated/α-hetero) is 1. The lowest BCUT2D eigenvalue weighted by molar-refractivity contribution is 0.0928. The van der Waals surface area contributed by atoms with Gasteiger partial charge in [-0.25, -0.2) is 4.98 Å². The van der Waals surface area contributed by atoms with E-state index in [-0.39, 0.29) is 12.4 Å². The molecule has 1 aromatic heterocycles. The Hall–Kier alpha value is -2.66. The Bertz CT molecular complexity index is 853. The van der Waals surface area contributed by atoms with Gasteiger partial charge in [-0.3, -0.25) is 4.79 Å². The van der Waals surface area contributed by atoms with Crippen LogP contribution >= 0.6 is 0 Å². The molecule has 0 fully saturated rings. The summed E-state index contributed by atoms with van der Waals surface area (Å²) in [6, 6.07) is 14.8. The van der Waals surface area contributed by atoms with Crippen molar-refractivity contribution in [2.75, 3.05) is 6.61 Å². The lowest BCUT2D eigenvalue weighted by Gasteiger charge is -2.15. The molecule has 1 heterocycles. The predicted octanol–water partition coefficient (Wildman–Crippen LogP) is 2.99. The number of ether oxygens (including phenoxy) is 1. The number of rotatable bonds is 6. The Morgan fingerprint density at radius 3 is 2.62 bits per heavy atom. The van der Waals surface area contributed by atoms with Crippen LogP contribution in [0.15, 0.2) is 48.5 Å². The molecule has 0 saturated carbocycles. The van der Waals surface area contributed by atoms with Crippen molar-refractivity contribution >= 4 is 16.8 Å². The number of ketones is 1. The number of aliphatic hydroxyl groups excluding tert-OH is 1. The monoisotopic (exact) mass is 324 g/mol. The minimum Gasteiger partial charge on any atom is -0.491 e. The first-order chi connectivity index (χ1) is 11.5. The number of carbonyl (C=O) groups is 1. The molecule has 24 heavy (non-hydrogen) atoms. The molecule has 0 unspecified atom stereocenters. The molecule has 1 N–H and O–H groups in total. The van der Waals surface area contributed by atoms with Crippen molar-refractivity contribution in [3.8, 4) is 5.75 Å². The second-order valence-corrected chi connectivity index (χ2v) is 5.80. The Balaban J connectivity index is 1.64. The summed E-state index contributed by atoms with van der Waals surface area (Å²) in [6.07, 6.45) is -0.659. The molecular formula is C19H20N2O3. The van der Waals surface area contributed by atoms with E-state index in [9.17, 15) is 9.90 Å². The molecule has 0 aliphatic carbocycles. The molecule has 0 bridgehead atoms. The highest BCUT2D eigenvalue weighted by molar-refractivity contribution is 5.94. The van der Waals surface area contributed by atoms with Gasteiger partial charge in [-0.05, 0) is 50.2 Å². The van der Waals surface area contributed by atoms with Crippen molar-refractivity contribution in [3.63, 3.8) is 0 Å². The standard InChI is InChI=1S/C19H20N2O3/c1-13(22)15-7-9-17(10-8-15)24-12-16(23)11-21-14(2)20-18-5-3-4-6-19(18)21/h3-10,16,23H,11-12H2,1-2H3/t16-/m1/s1. The van der Waals surface area contributed by atoms with Gasteiger partial charge in [0.15, 0.2) is 5.78 Å². The van der Waals surface area contributed by atoms with Gasteiger partial charge in [-0.15, -0.1) is 0 Å². The highest BCUT2D eigenvalue weighted by Crippen LogP contribution is 2.17. The van der Waals surface area contributed by atoms with Crippen LogP contribution in [0, 0.1) is 6.92 Å². The minimum atomic E-state index is -0.659. The summed E-state index contributed by atoms with van der Waals surface area (Å²) in [5.74, 6) is 1.51. The van der Waals surface area contributed by atoms with E-state index in [2.05, 4.69) is 4.98 Å². The fraction of sp³-hybridized carbons (Fsp3) is 0.263. The second-order valence-electron chi connectivity index (χ2n) is 5.80. The van der Waals surface area contributed by atoms with Crippen LogP contribution in [0.3, 0.4) is 0 Å². The SMILES string of the molecule is CC(=O)c1ccc(OC[C@H](O)Cn2c(C)nc3ccccc32)cc1. The van der Waals surface area contributed by atoms with Gasteiger partial charge in [0.1, 0.15) is 24.3 Å². The molecule has 2 aromatic carbocycles. The molecule has 3 rings (SSSR count). The van der Waals surface area contributed by atoms with E-state index >= 15 is 0 Å². The summed E-state index contributed by atoms with van der Waals surface area (Å²) in [5.41, 5.74) is 2.56. The second kappa shape index (κ2) is 6.84. The number of aliphatic hydroxyl groups is 1. The zero-order valence-corrected chi connectivity index (χ0v) is 13.8. The Labute approximate surface area is 140 Å². The quantitative estimate of drug-likeness (QED) is 0.708. The van der Waals surface area contributed by atoms with Crippen molar-refractivity contribution in [2.45, 2.75) is 26.5 Å². The van der Waals surface area contributed by atoms with E-state index in [4.69, 9.17) is 4.74 Å². The predicted molar refractivity (Wildman–Crippen MR) is 92.4 cm³/mol. The molecule has 124 valence electrons. The van der Waals surface area contributed by atoms with Gasteiger partial charge < -0.3 is 14.4 Å². The van der Waals surface area contributed by atoms with Crippen LogP contribution in [0.5, 0.6) is 5.75 Å². The molecule has 1 atom stereocenters. The highest BCUT2D eigenvalue weighted by atomic mass is 16.5. The van der Waals surface area contributed by atoms with Crippen LogP contribution < -0.4 is 4.74 Å². The summed E-state index contributed by atoms with van der Waals surface area (Å²) in [6.45, 7) is 4.04. The van der Waals surface area contributed by atoms with Crippen LogP contribution in [0.4, 0.5) is 0 Å². The topological polar surface area (TPSA) is 64.3 Å². The van der Waals surface area contributed by atoms with Crippen molar-refractivity contribution in [3.05, 3.63) is 59.9 Å². The number of nitrogens with zero attached hydrogens (tertiary/aromatic N) is 2. The Morgan fingerprint density at radius 2 is 1.92 bits per heavy atom. The van der Waals surface area contributed by atoms with Crippen LogP contribution in [0.1, 0.15) is 23.1 Å². The van der Waals surface area contributed by atoms with Gasteiger partial charge in [-0.2, -0.15) is 0 Å². The zero-order valence-electron chi connectivity index (χ0n) is 13.8. The maximum atomic E-state index is 11.2. The molecule has 5 nitrogen and oxygen atoms in total. The number of aryl methyl sites for hydroxylation is 1. The van der Waals surface area contributed by atoms with E-state index < -0.39 is 6.10 Å². The lowest BCUT2D eigenvalue weighted by atomic mass is 10.1. The first kappa shape index (κ1) is 16.2. The molecular weight excluding hydrogens is 304 g/mol. The average molecular weight is 324 g/mol. The molecule has 0 saturated heterocycles. The van der Waals surface area contributed by atoms with Crippen LogP contribution in [-0.4, -0.2) is 33.2 Å². The smallest absolute Gasteiger partial charge is 0.159 e. The number of benzene rings is 2. The van der Waals surface area contributed by atoms with E-state index in [1.807, 2.05) is 35.8 Å². The van der Waals surface area contributed by atoms with E-state index in [0.29, 0.717) is 17.9 Å². The maximum absolute atomic E-state index is 11.2. The summed E-state index contributed by atoms with van der Waals surface area (Å²) in [5, 5.41) is 10.3. The minimum absolute atomic E-state index is 0.0176. The third kappa shape index (κ3) is 3.46. The highest BCUT2D eigenvalue weighted by Gasteiger charge is 2.12. The molecule has 5 heteroatoms. The molecule has 0 amide bonds. The van der Waals surface area contributed by atoms with Crippen molar-refractivity contribution in [1.82, 2.24) is 9.55 Å².